The van der Waals surface area contributed by atoms with Gasteiger partial charge in [0.15, 0.2) is 0 Å². The first-order valence-corrected chi connectivity index (χ1v) is 5.75. The van der Waals surface area contributed by atoms with E-state index in [1.807, 2.05) is 18.2 Å². The van der Waals surface area contributed by atoms with Gasteiger partial charge in [-0.05, 0) is 29.8 Å². The number of hydrogen-bond donors (Lipinski definition) is 1. The fourth-order valence-electron chi connectivity index (χ4n) is 1.61. The molecule has 0 saturated heterocycles. The van der Waals surface area contributed by atoms with E-state index in [-0.39, 0.29) is 5.82 Å². The first-order valence-electron chi connectivity index (χ1n) is 5.37. The van der Waals surface area contributed by atoms with E-state index >= 15 is 0 Å². The Morgan fingerprint density at radius 2 is 2.00 bits per heavy atom. The number of anilines is 1. The van der Waals surface area contributed by atoms with Crippen LogP contribution in [0.1, 0.15) is 11.1 Å². The quantitative estimate of drug-likeness (QED) is 0.907. The predicted octanol–water partition coefficient (Wildman–Crippen LogP) is 3.96. The van der Waals surface area contributed by atoms with Crippen LogP contribution in [-0.4, -0.2) is 0 Å². The minimum atomic E-state index is -0.372. The minimum Gasteiger partial charge on any atom is -0.380 e. The van der Waals surface area contributed by atoms with E-state index in [0.717, 1.165) is 5.56 Å². The average molecular weight is 261 g/mol. The second-order valence-electron chi connectivity index (χ2n) is 3.75. The smallest absolute Gasteiger partial charge is 0.124 e. The number of nitrogens with zero attached hydrogens (tertiary/aromatic N) is 1. The summed E-state index contributed by atoms with van der Waals surface area (Å²) in [6.07, 6.45) is 0. The van der Waals surface area contributed by atoms with Gasteiger partial charge in [0.2, 0.25) is 0 Å². The summed E-state index contributed by atoms with van der Waals surface area (Å²) in [6.45, 7) is 0.467. The van der Waals surface area contributed by atoms with Crippen molar-refractivity contribution in [3.8, 4) is 6.07 Å². The van der Waals surface area contributed by atoms with Crippen LogP contribution in [0.2, 0.25) is 5.02 Å². The van der Waals surface area contributed by atoms with Gasteiger partial charge < -0.3 is 5.32 Å². The molecule has 0 aliphatic rings. The van der Waals surface area contributed by atoms with E-state index < -0.39 is 0 Å². The number of benzene rings is 2. The molecule has 0 amide bonds. The van der Waals surface area contributed by atoms with Gasteiger partial charge in [0, 0.05) is 6.54 Å². The Balaban J connectivity index is 2.14. The van der Waals surface area contributed by atoms with Gasteiger partial charge in [-0.25, -0.2) is 4.39 Å². The summed E-state index contributed by atoms with van der Waals surface area (Å²) in [5.74, 6) is -0.372. The molecule has 0 heterocycles. The van der Waals surface area contributed by atoms with Crippen molar-refractivity contribution in [3.63, 3.8) is 0 Å². The second-order valence-corrected chi connectivity index (χ2v) is 4.15. The molecule has 18 heavy (non-hydrogen) atoms. The minimum absolute atomic E-state index is 0.324. The fourth-order valence-corrected chi connectivity index (χ4v) is 1.84. The number of nitrogens with one attached hydrogen (secondary N) is 1. The van der Waals surface area contributed by atoms with E-state index in [1.54, 1.807) is 12.1 Å². The monoisotopic (exact) mass is 260 g/mol. The highest BCUT2D eigenvalue weighted by Crippen LogP contribution is 2.23. The van der Waals surface area contributed by atoms with Gasteiger partial charge in [0.25, 0.3) is 0 Å². The Bertz CT molecular complexity index is 605. The largest absolute Gasteiger partial charge is 0.380 e. The fraction of sp³-hybridized carbons (Fsp3) is 0.0714. The van der Waals surface area contributed by atoms with Crippen LogP contribution in [0.15, 0.2) is 42.5 Å². The molecule has 90 valence electrons. The molecule has 2 aromatic rings. The van der Waals surface area contributed by atoms with Crippen molar-refractivity contribution >= 4 is 17.3 Å². The molecule has 0 spiro atoms. The van der Waals surface area contributed by atoms with Gasteiger partial charge in [-0.3, -0.25) is 0 Å². The summed E-state index contributed by atoms with van der Waals surface area (Å²) in [6, 6.07) is 13.6. The molecule has 4 heteroatoms. The first kappa shape index (κ1) is 12.4. The lowest BCUT2D eigenvalue weighted by molar-refractivity contribution is 0.628. The number of rotatable bonds is 3. The zero-order valence-electron chi connectivity index (χ0n) is 9.45. The zero-order chi connectivity index (χ0) is 13.0. The summed E-state index contributed by atoms with van der Waals surface area (Å²) < 4.78 is 12.9. The molecule has 0 aliphatic carbocycles. The van der Waals surface area contributed by atoms with Crippen molar-refractivity contribution in [1.82, 2.24) is 0 Å². The summed E-state index contributed by atoms with van der Waals surface area (Å²) in [5.41, 5.74) is 2.13. The number of hydrogen-bond acceptors (Lipinski definition) is 2. The van der Waals surface area contributed by atoms with Crippen molar-refractivity contribution in [3.05, 3.63) is 64.4 Å². The van der Waals surface area contributed by atoms with Gasteiger partial charge in [0.1, 0.15) is 5.82 Å². The third-order valence-corrected chi connectivity index (χ3v) is 2.85. The van der Waals surface area contributed by atoms with E-state index in [4.69, 9.17) is 16.9 Å². The van der Waals surface area contributed by atoms with Crippen molar-refractivity contribution in [2.24, 2.45) is 0 Å². The van der Waals surface area contributed by atoms with E-state index in [9.17, 15) is 4.39 Å². The van der Waals surface area contributed by atoms with Crippen LogP contribution in [0.5, 0.6) is 0 Å². The van der Waals surface area contributed by atoms with Crippen LogP contribution in [-0.2, 0) is 6.54 Å². The Morgan fingerprint density at radius 3 is 2.72 bits per heavy atom. The molecule has 0 bridgehead atoms. The third kappa shape index (κ3) is 2.79. The maximum Gasteiger partial charge on any atom is 0.124 e. The molecular formula is C14H10ClFN2. The lowest BCUT2D eigenvalue weighted by atomic mass is 10.1. The molecule has 0 aromatic heterocycles. The van der Waals surface area contributed by atoms with Gasteiger partial charge >= 0.3 is 0 Å². The second kappa shape index (κ2) is 5.52. The summed E-state index contributed by atoms with van der Waals surface area (Å²) >= 11 is 5.90. The highest BCUT2D eigenvalue weighted by molar-refractivity contribution is 6.33. The van der Waals surface area contributed by atoms with Crippen LogP contribution < -0.4 is 5.32 Å². The van der Waals surface area contributed by atoms with Crippen molar-refractivity contribution in [2.45, 2.75) is 6.54 Å². The normalized spacial score (nSPS) is 9.83. The van der Waals surface area contributed by atoms with Gasteiger partial charge in [-0.2, -0.15) is 5.26 Å². The van der Waals surface area contributed by atoms with Crippen LogP contribution in [0.3, 0.4) is 0 Å². The SMILES string of the molecule is N#Cc1ccccc1CNc1ccc(F)cc1Cl. The first-order chi connectivity index (χ1) is 8.70. The Hall–Kier alpha value is -2.05. The van der Waals surface area contributed by atoms with E-state index in [1.165, 1.54) is 12.1 Å². The number of nitriles is 1. The summed E-state index contributed by atoms with van der Waals surface area (Å²) in [7, 11) is 0. The van der Waals surface area contributed by atoms with Crippen molar-refractivity contribution in [2.75, 3.05) is 5.32 Å². The van der Waals surface area contributed by atoms with Crippen molar-refractivity contribution in [1.29, 1.82) is 5.26 Å². The van der Waals surface area contributed by atoms with Crippen molar-refractivity contribution < 1.29 is 4.39 Å². The topological polar surface area (TPSA) is 35.8 Å². The molecule has 2 nitrogen and oxygen atoms in total. The molecule has 2 rings (SSSR count). The van der Waals surface area contributed by atoms with Crippen LogP contribution in [0, 0.1) is 17.1 Å². The molecule has 0 unspecified atom stereocenters. The van der Waals surface area contributed by atoms with E-state index in [0.29, 0.717) is 22.8 Å². The maximum absolute atomic E-state index is 12.9. The maximum atomic E-state index is 12.9. The highest BCUT2D eigenvalue weighted by Gasteiger charge is 2.04. The lowest BCUT2D eigenvalue weighted by Crippen LogP contribution is -2.02. The zero-order valence-corrected chi connectivity index (χ0v) is 10.2. The van der Waals surface area contributed by atoms with Crippen LogP contribution in [0.4, 0.5) is 10.1 Å². The van der Waals surface area contributed by atoms with Gasteiger partial charge in [0.05, 0.1) is 22.3 Å². The summed E-state index contributed by atoms with van der Waals surface area (Å²) in [5, 5.41) is 12.4. The van der Waals surface area contributed by atoms with Gasteiger partial charge in [-0.1, -0.05) is 29.8 Å². The Kier molecular flexibility index (Phi) is 3.81. The standard InChI is InChI=1S/C14H10ClFN2/c15-13-7-12(16)5-6-14(13)18-9-11-4-2-1-3-10(11)8-17/h1-7,18H,9H2. The molecule has 0 saturated carbocycles. The molecule has 2 aromatic carbocycles. The lowest BCUT2D eigenvalue weighted by Gasteiger charge is -2.09. The molecule has 0 fully saturated rings. The molecule has 0 atom stereocenters. The van der Waals surface area contributed by atoms with Gasteiger partial charge in [-0.15, -0.1) is 0 Å². The molecule has 1 N–H and O–H groups in total. The van der Waals surface area contributed by atoms with Crippen LogP contribution >= 0.6 is 11.6 Å². The predicted molar refractivity (Wildman–Crippen MR) is 69.9 cm³/mol. The third-order valence-electron chi connectivity index (χ3n) is 2.54. The number of halogens is 2. The Morgan fingerprint density at radius 1 is 1.22 bits per heavy atom. The molecule has 0 radical (unpaired) electrons. The van der Waals surface area contributed by atoms with E-state index in [2.05, 4.69) is 11.4 Å². The summed E-state index contributed by atoms with van der Waals surface area (Å²) in [4.78, 5) is 0. The average Bonchev–Trinajstić information content (AvgIpc) is 2.38. The molecular weight excluding hydrogens is 251 g/mol. The molecule has 0 aliphatic heterocycles. The Labute approximate surface area is 110 Å². The highest BCUT2D eigenvalue weighted by atomic mass is 35.5. The van der Waals surface area contributed by atoms with Crippen LogP contribution in [0.25, 0.3) is 0 Å².